The molecule has 1 aliphatic carbocycles. The second kappa shape index (κ2) is 11.9. The third-order valence-corrected chi connectivity index (χ3v) is 7.39. The number of allylic oxidation sites excluding steroid dienone is 4. The molecule has 1 fully saturated rings. The smallest absolute Gasteiger partial charge is 0.321 e. The first-order valence-electron chi connectivity index (χ1n) is 12.9. The van der Waals surface area contributed by atoms with Gasteiger partial charge in [0.15, 0.2) is 12.0 Å². The topological polar surface area (TPSA) is 84.4 Å². The van der Waals surface area contributed by atoms with Gasteiger partial charge in [-0.05, 0) is 69.0 Å². The average molecular weight is 570 g/mol. The Bertz CT molecular complexity index is 1250. The third kappa shape index (κ3) is 6.40. The van der Waals surface area contributed by atoms with Gasteiger partial charge in [0.1, 0.15) is 11.8 Å². The van der Waals surface area contributed by atoms with Crippen molar-refractivity contribution in [2.45, 2.75) is 32.1 Å². The number of furan rings is 1. The standard InChI is InChI=1S/C28H33BrN4O4/c29-23-9-10-24-22(17-23)18-26(36-24)33(28(30)34)14-5-4-11-31-12-6-13-32(16-15-31)27-20-35-19-25(37-27)21-7-2-1-3-8-21/h1-2,7,9-10,17-20H,3-6,8,11-16H2,(H2,30,34). The van der Waals surface area contributed by atoms with Crippen LogP contribution >= 0.6 is 15.9 Å². The number of nitrogens with two attached hydrogens (primary N) is 1. The zero-order valence-corrected chi connectivity index (χ0v) is 22.5. The molecule has 1 aromatic carbocycles. The Balaban J connectivity index is 1.08. The molecule has 0 atom stereocenters. The highest BCUT2D eigenvalue weighted by molar-refractivity contribution is 9.10. The van der Waals surface area contributed by atoms with Crippen LogP contribution in [0.25, 0.3) is 11.0 Å². The van der Waals surface area contributed by atoms with E-state index in [-0.39, 0.29) is 0 Å². The number of ether oxygens (including phenoxy) is 2. The van der Waals surface area contributed by atoms with Crippen LogP contribution in [0.15, 0.2) is 81.1 Å². The number of hydrogen-bond donors (Lipinski definition) is 1. The van der Waals surface area contributed by atoms with Gasteiger partial charge in [0.2, 0.25) is 11.8 Å². The molecule has 3 aliphatic rings. The Hall–Kier alpha value is -3.17. The van der Waals surface area contributed by atoms with Crippen LogP contribution in [0, 0.1) is 0 Å². The van der Waals surface area contributed by atoms with Crippen LogP contribution in [0.4, 0.5) is 10.7 Å². The number of nitrogens with zero attached hydrogens (tertiary/aromatic N) is 3. The van der Waals surface area contributed by atoms with E-state index in [1.54, 1.807) is 12.5 Å². The molecule has 3 heterocycles. The van der Waals surface area contributed by atoms with Gasteiger partial charge in [0.05, 0.1) is 0 Å². The lowest BCUT2D eigenvalue weighted by molar-refractivity contribution is 0.127. The zero-order chi connectivity index (χ0) is 25.6. The van der Waals surface area contributed by atoms with Gasteiger partial charge in [0.25, 0.3) is 0 Å². The van der Waals surface area contributed by atoms with E-state index in [0.29, 0.717) is 12.4 Å². The van der Waals surface area contributed by atoms with Crippen LogP contribution in [-0.4, -0.2) is 55.1 Å². The van der Waals surface area contributed by atoms with Crippen molar-refractivity contribution < 1.29 is 18.7 Å². The number of fused-ring (bicyclic) bond motifs is 1. The molecule has 1 saturated heterocycles. The second-order valence-electron chi connectivity index (χ2n) is 9.48. The highest BCUT2D eigenvalue weighted by Crippen LogP contribution is 2.29. The average Bonchev–Trinajstić information content (AvgIpc) is 3.17. The number of amides is 2. The van der Waals surface area contributed by atoms with Crippen molar-refractivity contribution in [3.8, 4) is 0 Å². The van der Waals surface area contributed by atoms with E-state index < -0.39 is 6.03 Å². The quantitative estimate of drug-likeness (QED) is 0.403. The van der Waals surface area contributed by atoms with Gasteiger partial charge < -0.3 is 29.4 Å². The fourth-order valence-electron chi connectivity index (χ4n) is 4.89. The Morgan fingerprint density at radius 3 is 2.86 bits per heavy atom. The van der Waals surface area contributed by atoms with Crippen molar-refractivity contribution in [2.75, 3.05) is 44.2 Å². The van der Waals surface area contributed by atoms with Crippen molar-refractivity contribution >= 4 is 38.8 Å². The number of primary amides is 1. The largest absolute Gasteiger partial charge is 0.463 e. The number of anilines is 1. The van der Waals surface area contributed by atoms with Gasteiger partial charge in [-0.1, -0.05) is 34.2 Å². The summed E-state index contributed by atoms with van der Waals surface area (Å²) in [5.41, 5.74) is 7.58. The summed E-state index contributed by atoms with van der Waals surface area (Å²) in [6.45, 7) is 5.27. The van der Waals surface area contributed by atoms with Gasteiger partial charge in [-0.3, -0.25) is 4.90 Å². The monoisotopic (exact) mass is 568 g/mol. The van der Waals surface area contributed by atoms with Crippen molar-refractivity contribution in [3.63, 3.8) is 0 Å². The maximum atomic E-state index is 12.1. The van der Waals surface area contributed by atoms with Crippen molar-refractivity contribution in [1.82, 2.24) is 9.80 Å². The molecule has 0 spiro atoms. The minimum absolute atomic E-state index is 0.488. The number of urea groups is 1. The van der Waals surface area contributed by atoms with Crippen LogP contribution in [0.3, 0.4) is 0 Å². The minimum Gasteiger partial charge on any atom is -0.463 e. The summed E-state index contributed by atoms with van der Waals surface area (Å²) in [6.07, 6.45) is 14.6. The SMILES string of the molecule is NC(=O)N(CCCCN1CCCN(C2=COC=C(C3=CC=CCC3)O2)CC1)c1cc2cc(Br)ccc2o1. The Morgan fingerprint density at radius 2 is 2.03 bits per heavy atom. The number of benzene rings is 1. The Kier molecular flexibility index (Phi) is 8.21. The van der Waals surface area contributed by atoms with Crippen molar-refractivity contribution in [2.24, 2.45) is 5.73 Å². The predicted octanol–water partition coefficient (Wildman–Crippen LogP) is 5.83. The normalized spacial score (nSPS) is 18.4. The summed E-state index contributed by atoms with van der Waals surface area (Å²) in [4.78, 5) is 18.4. The molecule has 5 rings (SSSR count). The lowest BCUT2D eigenvalue weighted by Gasteiger charge is -2.28. The molecule has 37 heavy (non-hydrogen) atoms. The molecule has 1 aromatic heterocycles. The summed E-state index contributed by atoms with van der Waals surface area (Å²) in [5.74, 6) is 2.08. The molecule has 0 bridgehead atoms. The number of halogens is 1. The van der Waals surface area contributed by atoms with Gasteiger partial charge in [-0.25, -0.2) is 4.79 Å². The first-order chi connectivity index (χ1) is 18.1. The molecule has 2 N–H and O–H groups in total. The van der Waals surface area contributed by atoms with Crippen LogP contribution in [0.2, 0.25) is 0 Å². The van der Waals surface area contributed by atoms with Crippen LogP contribution in [0.1, 0.15) is 32.1 Å². The predicted molar refractivity (Wildman–Crippen MR) is 148 cm³/mol. The summed E-state index contributed by atoms with van der Waals surface area (Å²) in [5, 5.41) is 0.933. The van der Waals surface area contributed by atoms with Crippen LogP contribution < -0.4 is 10.6 Å². The van der Waals surface area contributed by atoms with Crippen molar-refractivity contribution in [1.29, 1.82) is 0 Å². The van der Waals surface area contributed by atoms with E-state index >= 15 is 0 Å². The lowest BCUT2D eigenvalue weighted by atomic mass is 10.0. The van der Waals surface area contributed by atoms with E-state index in [2.05, 4.69) is 44.0 Å². The second-order valence-corrected chi connectivity index (χ2v) is 10.4. The summed E-state index contributed by atoms with van der Waals surface area (Å²) >= 11 is 3.47. The molecular weight excluding hydrogens is 536 g/mol. The Labute approximate surface area is 225 Å². The lowest BCUT2D eigenvalue weighted by Crippen LogP contribution is -2.37. The fourth-order valence-corrected chi connectivity index (χ4v) is 5.26. The molecule has 2 aromatic rings. The highest BCUT2D eigenvalue weighted by atomic mass is 79.9. The molecule has 0 saturated carbocycles. The molecule has 8 nitrogen and oxygen atoms in total. The summed E-state index contributed by atoms with van der Waals surface area (Å²) in [7, 11) is 0. The van der Waals surface area contributed by atoms with E-state index in [1.165, 1.54) is 10.5 Å². The minimum atomic E-state index is -0.500. The van der Waals surface area contributed by atoms with E-state index in [9.17, 15) is 4.79 Å². The van der Waals surface area contributed by atoms with E-state index in [0.717, 1.165) is 91.9 Å². The first kappa shape index (κ1) is 25.5. The number of carbonyl (C=O) groups excluding carboxylic acids is 1. The summed E-state index contributed by atoms with van der Waals surface area (Å²) < 4.78 is 18.7. The van der Waals surface area contributed by atoms with Crippen molar-refractivity contribution in [3.05, 3.63) is 76.7 Å². The van der Waals surface area contributed by atoms with Gasteiger partial charge in [-0.15, -0.1) is 0 Å². The molecule has 2 aliphatic heterocycles. The van der Waals surface area contributed by atoms with E-state index in [4.69, 9.17) is 19.6 Å². The molecule has 9 heteroatoms. The molecule has 0 unspecified atom stereocenters. The van der Waals surface area contributed by atoms with Crippen LogP contribution in [0.5, 0.6) is 0 Å². The van der Waals surface area contributed by atoms with E-state index in [1.807, 2.05) is 24.3 Å². The van der Waals surface area contributed by atoms with Crippen LogP contribution in [-0.2, 0) is 9.47 Å². The third-order valence-electron chi connectivity index (χ3n) is 6.89. The van der Waals surface area contributed by atoms with Gasteiger partial charge in [-0.2, -0.15) is 0 Å². The zero-order valence-electron chi connectivity index (χ0n) is 20.9. The number of rotatable bonds is 8. The number of hydrogen-bond acceptors (Lipinski definition) is 6. The number of carbonyl (C=O) groups is 1. The van der Waals surface area contributed by atoms with Gasteiger partial charge in [0, 0.05) is 42.1 Å². The molecule has 2 amide bonds. The maximum absolute atomic E-state index is 12.1. The van der Waals surface area contributed by atoms with Gasteiger partial charge >= 0.3 is 6.03 Å². The first-order valence-corrected chi connectivity index (χ1v) is 13.7. The molecule has 196 valence electrons. The molecular formula is C28H33BrN4O4. The maximum Gasteiger partial charge on any atom is 0.321 e. The Morgan fingerprint density at radius 1 is 1.11 bits per heavy atom. The number of unbranched alkanes of at least 4 members (excludes halogenated alkanes) is 1. The molecule has 0 radical (unpaired) electrons. The fraction of sp³-hybridized carbons (Fsp3) is 0.393. The summed E-state index contributed by atoms with van der Waals surface area (Å²) in [6, 6.07) is 7.12. The highest BCUT2D eigenvalue weighted by Gasteiger charge is 2.23.